The van der Waals surface area contributed by atoms with Crippen molar-refractivity contribution in [1.82, 2.24) is 0 Å². The van der Waals surface area contributed by atoms with Crippen LogP contribution in [0, 0.1) is 0 Å². The van der Waals surface area contributed by atoms with Gasteiger partial charge in [0.2, 0.25) is 0 Å². The van der Waals surface area contributed by atoms with E-state index in [-0.39, 0.29) is 5.75 Å². The minimum absolute atomic E-state index is 0.267. The van der Waals surface area contributed by atoms with E-state index in [1.165, 1.54) is 24.3 Å². The number of hydrogen-bond acceptors (Lipinski definition) is 3. The van der Waals surface area contributed by atoms with E-state index in [0.29, 0.717) is 19.3 Å². The van der Waals surface area contributed by atoms with Crippen LogP contribution in [0.4, 0.5) is 13.2 Å². The van der Waals surface area contributed by atoms with E-state index in [2.05, 4.69) is 4.74 Å². The molecule has 1 atom stereocenters. The summed E-state index contributed by atoms with van der Waals surface area (Å²) in [7, 11) is 0. The number of ether oxygens (including phenoxy) is 1. The van der Waals surface area contributed by atoms with Gasteiger partial charge < -0.3 is 14.3 Å². The molecule has 0 aliphatic heterocycles. The van der Waals surface area contributed by atoms with Crippen molar-refractivity contribution in [3.63, 3.8) is 0 Å². The molecule has 0 radical (unpaired) electrons. The predicted octanol–water partition coefficient (Wildman–Crippen LogP) is 3.71. The number of alkyl halides is 3. The maximum Gasteiger partial charge on any atom is 0.573 e. The second-order valence-corrected chi connectivity index (χ2v) is 4.67. The monoisotopic (exact) mass is 300 g/mol. The molecule has 3 nitrogen and oxygen atoms in total. The summed E-state index contributed by atoms with van der Waals surface area (Å²) in [6, 6.07) is 9.11. The van der Waals surface area contributed by atoms with Crippen molar-refractivity contribution in [2.45, 2.75) is 31.7 Å². The van der Waals surface area contributed by atoms with Crippen LogP contribution in [0.25, 0.3) is 0 Å². The summed E-state index contributed by atoms with van der Waals surface area (Å²) in [4.78, 5) is 0. The molecule has 2 aromatic rings. The number of hydrogen-bond donors (Lipinski definition) is 1. The maximum absolute atomic E-state index is 12.0. The third-order valence-electron chi connectivity index (χ3n) is 2.93. The highest BCUT2D eigenvalue weighted by molar-refractivity contribution is 5.27. The first-order chi connectivity index (χ1) is 9.92. The fourth-order valence-corrected chi connectivity index (χ4v) is 1.97. The highest BCUT2D eigenvalue weighted by atomic mass is 19.4. The molecule has 2 rings (SSSR count). The number of benzene rings is 1. The van der Waals surface area contributed by atoms with Gasteiger partial charge in [-0.25, -0.2) is 0 Å². The van der Waals surface area contributed by atoms with Crippen LogP contribution in [0.2, 0.25) is 0 Å². The standard InChI is InChI=1S/C15H15F3O3/c16-15(17,18)21-14-6-3-11(4-7-14)10-12(19)5-8-13-2-1-9-20-13/h1-4,6-7,9,12,19H,5,8,10H2. The Labute approximate surface area is 120 Å². The molecule has 1 N–H and O–H groups in total. The topological polar surface area (TPSA) is 42.6 Å². The summed E-state index contributed by atoms with van der Waals surface area (Å²) in [5.74, 6) is 0.527. The molecule has 0 fully saturated rings. The predicted molar refractivity (Wildman–Crippen MR) is 69.9 cm³/mol. The Morgan fingerprint density at radius 2 is 1.86 bits per heavy atom. The molecule has 6 heteroatoms. The van der Waals surface area contributed by atoms with Crippen molar-refractivity contribution >= 4 is 0 Å². The van der Waals surface area contributed by atoms with Crippen LogP contribution in [0.3, 0.4) is 0 Å². The zero-order valence-corrected chi connectivity index (χ0v) is 11.1. The second kappa shape index (κ2) is 6.67. The van der Waals surface area contributed by atoms with E-state index >= 15 is 0 Å². The lowest BCUT2D eigenvalue weighted by Crippen LogP contribution is -2.17. The lowest BCUT2D eigenvalue weighted by atomic mass is 10.0. The molecule has 0 amide bonds. The summed E-state index contributed by atoms with van der Waals surface area (Å²) >= 11 is 0. The van der Waals surface area contributed by atoms with Crippen LogP contribution in [0.1, 0.15) is 17.7 Å². The fourth-order valence-electron chi connectivity index (χ4n) is 1.97. The summed E-state index contributed by atoms with van der Waals surface area (Å²) in [6.07, 6.45) is -2.19. The summed E-state index contributed by atoms with van der Waals surface area (Å²) in [5.41, 5.74) is 0.747. The Morgan fingerprint density at radius 1 is 1.14 bits per heavy atom. The average Bonchev–Trinajstić information content (AvgIpc) is 2.90. The van der Waals surface area contributed by atoms with Crippen molar-refractivity contribution in [2.24, 2.45) is 0 Å². The Hall–Kier alpha value is -1.95. The Balaban J connectivity index is 1.82. The molecule has 0 saturated carbocycles. The van der Waals surface area contributed by atoms with Gasteiger partial charge in [0.25, 0.3) is 0 Å². The van der Waals surface area contributed by atoms with Crippen molar-refractivity contribution in [2.75, 3.05) is 0 Å². The molecular formula is C15H15F3O3. The van der Waals surface area contributed by atoms with E-state index in [4.69, 9.17) is 4.42 Å². The molecule has 1 aromatic heterocycles. The van der Waals surface area contributed by atoms with E-state index in [0.717, 1.165) is 11.3 Å². The average molecular weight is 300 g/mol. The number of rotatable bonds is 6. The first kappa shape index (κ1) is 15.4. The molecule has 114 valence electrons. The highest BCUT2D eigenvalue weighted by Gasteiger charge is 2.30. The van der Waals surface area contributed by atoms with Crippen molar-refractivity contribution in [3.8, 4) is 5.75 Å². The number of aliphatic hydroxyl groups excluding tert-OH is 1. The Bertz CT molecular complexity index is 532. The van der Waals surface area contributed by atoms with Gasteiger partial charge in [0.1, 0.15) is 11.5 Å². The Morgan fingerprint density at radius 3 is 2.43 bits per heavy atom. The van der Waals surface area contributed by atoms with Crippen LogP contribution >= 0.6 is 0 Å². The van der Waals surface area contributed by atoms with Crippen molar-refractivity contribution < 1.29 is 27.4 Å². The lowest BCUT2D eigenvalue weighted by molar-refractivity contribution is -0.274. The van der Waals surface area contributed by atoms with Gasteiger partial charge in [0.05, 0.1) is 12.4 Å². The molecule has 0 aliphatic carbocycles. The molecule has 1 unspecified atom stereocenters. The van der Waals surface area contributed by atoms with Crippen LogP contribution in [0.5, 0.6) is 5.75 Å². The first-order valence-electron chi connectivity index (χ1n) is 6.47. The molecule has 1 aromatic carbocycles. The molecule has 0 spiro atoms. The van der Waals surface area contributed by atoms with Gasteiger partial charge in [-0.3, -0.25) is 0 Å². The van der Waals surface area contributed by atoms with E-state index in [1.807, 2.05) is 6.07 Å². The SMILES string of the molecule is OC(CCc1ccco1)Cc1ccc(OC(F)(F)F)cc1. The van der Waals surface area contributed by atoms with E-state index in [1.54, 1.807) is 12.3 Å². The molecule has 0 saturated heterocycles. The molecule has 0 aliphatic rings. The summed E-state index contributed by atoms with van der Waals surface area (Å²) < 4.78 is 45.0. The molecule has 21 heavy (non-hydrogen) atoms. The van der Waals surface area contributed by atoms with Gasteiger partial charge >= 0.3 is 6.36 Å². The van der Waals surface area contributed by atoms with Gasteiger partial charge in [-0.15, -0.1) is 13.2 Å². The third-order valence-corrected chi connectivity index (χ3v) is 2.93. The van der Waals surface area contributed by atoms with Crippen LogP contribution in [0.15, 0.2) is 47.1 Å². The first-order valence-corrected chi connectivity index (χ1v) is 6.47. The van der Waals surface area contributed by atoms with E-state index < -0.39 is 12.5 Å². The summed E-state index contributed by atoms with van der Waals surface area (Å²) in [5, 5.41) is 9.90. The normalized spacial score (nSPS) is 13.1. The number of furan rings is 1. The van der Waals surface area contributed by atoms with Gasteiger partial charge in [-0.05, 0) is 42.7 Å². The van der Waals surface area contributed by atoms with E-state index in [9.17, 15) is 18.3 Å². The van der Waals surface area contributed by atoms with Gasteiger partial charge in [-0.2, -0.15) is 0 Å². The molecular weight excluding hydrogens is 285 g/mol. The number of halogens is 3. The van der Waals surface area contributed by atoms with Crippen LogP contribution in [-0.2, 0) is 12.8 Å². The zero-order valence-electron chi connectivity index (χ0n) is 11.1. The number of aliphatic hydroxyl groups is 1. The van der Waals surface area contributed by atoms with Crippen LogP contribution in [-0.4, -0.2) is 17.6 Å². The number of aryl methyl sites for hydroxylation is 1. The fraction of sp³-hybridized carbons (Fsp3) is 0.333. The molecule has 1 heterocycles. The second-order valence-electron chi connectivity index (χ2n) is 4.67. The van der Waals surface area contributed by atoms with Gasteiger partial charge in [0.15, 0.2) is 0 Å². The van der Waals surface area contributed by atoms with Crippen LogP contribution < -0.4 is 4.74 Å². The smallest absolute Gasteiger partial charge is 0.469 e. The van der Waals surface area contributed by atoms with Gasteiger partial charge in [-0.1, -0.05) is 12.1 Å². The summed E-state index contributed by atoms with van der Waals surface area (Å²) in [6.45, 7) is 0. The minimum Gasteiger partial charge on any atom is -0.469 e. The third kappa shape index (κ3) is 5.51. The zero-order chi connectivity index (χ0) is 15.3. The lowest BCUT2D eigenvalue weighted by Gasteiger charge is -2.11. The Kier molecular flexibility index (Phi) is 4.90. The quantitative estimate of drug-likeness (QED) is 0.884. The highest BCUT2D eigenvalue weighted by Crippen LogP contribution is 2.23. The van der Waals surface area contributed by atoms with Gasteiger partial charge in [0, 0.05) is 6.42 Å². The molecule has 0 bridgehead atoms. The minimum atomic E-state index is -4.69. The maximum atomic E-state index is 12.0. The van der Waals surface area contributed by atoms with Crippen molar-refractivity contribution in [1.29, 1.82) is 0 Å². The van der Waals surface area contributed by atoms with Crippen molar-refractivity contribution in [3.05, 3.63) is 54.0 Å². The largest absolute Gasteiger partial charge is 0.573 e.